The lowest BCUT2D eigenvalue weighted by atomic mass is 10.00. The van der Waals surface area contributed by atoms with Crippen LogP contribution in [0, 0.1) is 0 Å². The Hall–Kier alpha value is -7.62. The van der Waals surface area contributed by atoms with Gasteiger partial charge in [0.1, 0.15) is 11.2 Å². The minimum absolute atomic E-state index is 0.869. The number of hydrogen-bond acceptors (Lipinski definition) is 3. The van der Waals surface area contributed by atoms with Gasteiger partial charge < -0.3 is 14.2 Å². The number of nitrogens with zero attached hydrogens (tertiary/aromatic N) is 2. The molecule has 0 atom stereocenters. The molecule has 0 aliphatic rings. The average molecular weight is 731 g/mol. The first-order valence-electron chi connectivity index (χ1n) is 19.3. The zero-order chi connectivity index (χ0) is 38.0. The number of fused-ring (bicyclic) bond motifs is 3. The summed E-state index contributed by atoms with van der Waals surface area (Å²) >= 11 is 0. The standard InChI is InChI=1S/C54H38N2O/c1-5-15-39(16-6-1)41-25-30-47(31-26-41)55(45-19-9-3-10-20-45)49-35-44(43-29-34-52-51-23-13-14-24-53(51)57-54(52)37-43)36-50(38-49)56(46-21-11-4-12-22-46)48-32-27-42(28-33-48)40-17-7-2-8-18-40/h1-38H. The number of anilines is 6. The molecule has 10 rings (SSSR count). The van der Waals surface area contributed by atoms with Crippen molar-refractivity contribution < 1.29 is 4.42 Å². The fourth-order valence-corrected chi connectivity index (χ4v) is 7.84. The summed E-state index contributed by atoms with van der Waals surface area (Å²) in [6.07, 6.45) is 0. The van der Waals surface area contributed by atoms with Crippen LogP contribution in [-0.2, 0) is 0 Å². The Labute approximate surface area is 333 Å². The summed E-state index contributed by atoms with van der Waals surface area (Å²) in [4.78, 5) is 4.70. The molecule has 1 aromatic heterocycles. The molecule has 0 aliphatic carbocycles. The van der Waals surface area contributed by atoms with Crippen molar-refractivity contribution in [3.63, 3.8) is 0 Å². The monoisotopic (exact) mass is 730 g/mol. The van der Waals surface area contributed by atoms with E-state index < -0.39 is 0 Å². The molecule has 0 saturated heterocycles. The lowest BCUT2D eigenvalue weighted by Crippen LogP contribution is -2.13. The third-order valence-corrected chi connectivity index (χ3v) is 10.6. The van der Waals surface area contributed by atoms with E-state index in [2.05, 4.69) is 228 Å². The van der Waals surface area contributed by atoms with Crippen LogP contribution in [0.3, 0.4) is 0 Å². The maximum absolute atomic E-state index is 6.42. The first-order chi connectivity index (χ1) is 28.2. The van der Waals surface area contributed by atoms with E-state index in [-0.39, 0.29) is 0 Å². The van der Waals surface area contributed by atoms with E-state index in [1.165, 1.54) is 22.3 Å². The van der Waals surface area contributed by atoms with Gasteiger partial charge >= 0.3 is 0 Å². The van der Waals surface area contributed by atoms with E-state index in [0.717, 1.165) is 67.2 Å². The van der Waals surface area contributed by atoms with Crippen LogP contribution in [0.25, 0.3) is 55.3 Å². The number of para-hydroxylation sites is 3. The zero-order valence-corrected chi connectivity index (χ0v) is 31.2. The van der Waals surface area contributed by atoms with E-state index in [1.807, 2.05) is 12.1 Å². The molecule has 0 unspecified atom stereocenters. The highest BCUT2D eigenvalue weighted by Gasteiger charge is 2.20. The van der Waals surface area contributed by atoms with E-state index in [4.69, 9.17) is 4.42 Å². The van der Waals surface area contributed by atoms with Gasteiger partial charge in [-0.2, -0.15) is 0 Å². The van der Waals surface area contributed by atoms with Crippen LogP contribution >= 0.6 is 0 Å². The van der Waals surface area contributed by atoms with Crippen molar-refractivity contribution in [1.29, 1.82) is 0 Å². The lowest BCUT2D eigenvalue weighted by Gasteiger charge is -2.30. The second-order valence-corrected chi connectivity index (χ2v) is 14.2. The number of furan rings is 1. The van der Waals surface area contributed by atoms with Crippen molar-refractivity contribution in [3.8, 4) is 33.4 Å². The van der Waals surface area contributed by atoms with Crippen LogP contribution < -0.4 is 9.80 Å². The van der Waals surface area contributed by atoms with Gasteiger partial charge in [0.25, 0.3) is 0 Å². The van der Waals surface area contributed by atoms with E-state index in [0.29, 0.717) is 0 Å². The fraction of sp³-hybridized carbons (Fsp3) is 0. The van der Waals surface area contributed by atoms with Crippen LogP contribution in [0.15, 0.2) is 235 Å². The van der Waals surface area contributed by atoms with E-state index in [9.17, 15) is 0 Å². The lowest BCUT2D eigenvalue weighted by molar-refractivity contribution is 0.669. The maximum Gasteiger partial charge on any atom is 0.136 e. The van der Waals surface area contributed by atoms with Gasteiger partial charge in [-0.25, -0.2) is 0 Å². The van der Waals surface area contributed by atoms with Crippen molar-refractivity contribution in [2.45, 2.75) is 0 Å². The van der Waals surface area contributed by atoms with Gasteiger partial charge in [-0.1, -0.05) is 146 Å². The summed E-state index contributed by atoms with van der Waals surface area (Å²) in [5.41, 5.74) is 15.0. The van der Waals surface area contributed by atoms with Crippen molar-refractivity contribution in [3.05, 3.63) is 231 Å². The number of hydrogen-bond donors (Lipinski definition) is 0. The average Bonchev–Trinajstić information content (AvgIpc) is 3.66. The molecule has 3 heteroatoms. The molecule has 0 fully saturated rings. The summed E-state index contributed by atoms with van der Waals surface area (Å²) in [5.74, 6) is 0. The van der Waals surface area contributed by atoms with Crippen LogP contribution in [0.2, 0.25) is 0 Å². The molecule has 3 nitrogen and oxygen atoms in total. The summed E-state index contributed by atoms with van der Waals surface area (Å²) in [5, 5.41) is 2.23. The predicted molar refractivity (Wildman–Crippen MR) is 239 cm³/mol. The smallest absolute Gasteiger partial charge is 0.136 e. The molecule has 9 aromatic carbocycles. The molecule has 10 aromatic rings. The SMILES string of the molecule is c1ccc(-c2ccc(N(c3ccccc3)c3cc(-c4ccc5c(c4)oc4ccccc45)cc(N(c4ccccc4)c4ccc(-c5ccccc5)cc4)c3)cc2)cc1. The quantitative estimate of drug-likeness (QED) is 0.147. The topological polar surface area (TPSA) is 19.6 Å². The first kappa shape index (κ1) is 33.9. The summed E-state index contributed by atoms with van der Waals surface area (Å²) in [7, 11) is 0. The second-order valence-electron chi connectivity index (χ2n) is 14.2. The summed E-state index contributed by atoms with van der Waals surface area (Å²) in [6, 6.07) is 81.8. The van der Waals surface area contributed by atoms with Gasteiger partial charge in [0.2, 0.25) is 0 Å². The molecule has 0 amide bonds. The molecule has 0 N–H and O–H groups in total. The number of rotatable bonds is 9. The van der Waals surface area contributed by atoms with E-state index >= 15 is 0 Å². The van der Waals surface area contributed by atoms with Crippen LogP contribution in [0.4, 0.5) is 34.1 Å². The van der Waals surface area contributed by atoms with Crippen molar-refractivity contribution >= 4 is 56.1 Å². The van der Waals surface area contributed by atoms with Gasteiger partial charge in [0.15, 0.2) is 0 Å². The van der Waals surface area contributed by atoms with Crippen LogP contribution in [0.1, 0.15) is 0 Å². The summed E-state index contributed by atoms with van der Waals surface area (Å²) < 4.78 is 6.42. The van der Waals surface area contributed by atoms with Crippen molar-refractivity contribution in [2.24, 2.45) is 0 Å². The second kappa shape index (κ2) is 14.9. The molecule has 0 spiro atoms. The Bertz CT molecular complexity index is 2780. The molecule has 57 heavy (non-hydrogen) atoms. The molecule has 0 saturated carbocycles. The van der Waals surface area contributed by atoms with Gasteiger partial charge in [0, 0.05) is 44.9 Å². The minimum atomic E-state index is 0.869. The van der Waals surface area contributed by atoms with Gasteiger partial charge in [-0.3, -0.25) is 0 Å². The molecular formula is C54H38N2O. The zero-order valence-electron chi connectivity index (χ0n) is 31.2. The molecule has 0 bridgehead atoms. The maximum atomic E-state index is 6.42. The Kier molecular flexibility index (Phi) is 8.86. The highest BCUT2D eigenvalue weighted by molar-refractivity contribution is 6.06. The third-order valence-electron chi connectivity index (χ3n) is 10.6. The minimum Gasteiger partial charge on any atom is -0.456 e. The molecule has 1 heterocycles. The molecule has 0 aliphatic heterocycles. The Morgan fingerprint density at radius 1 is 0.228 bits per heavy atom. The van der Waals surface area contributed by atoms with Crippen LogP contribution in [0.5, 0.6) is 0 Å². The predicted octanol–water partition coefficient (Wildman–Crippen LogP) is 15.5. The van der Waals surface area contributed by atoms with Crippen molar-refractivity contribution in [2.75, 3.05) is 9.80 Å². The van der Waals surface area contributed by atoms with Gasteiger partial charge in [-0.15, -0.1) is 0 Å². The van der Waals surface area contributed by atoms with Crippen molar-refractivity contribution in [1.82, 2.24) is 0 Å². The molecule has 0 radical (unpaired) electrons. The highest BCUT2D eigenvalue weighted by atomic mass is 16.3. The summed E-state index contributed by atoms with van der Waals surface area (Å²) in [6.45, 7) is 0. The largest absolute Gasteiger partial charge is 0.456 e. The number of benzene rings is 9. The Morgan fingerprint density at radius 2 is 0.614 bits per heavy atom. The van der Waals surface area contributed by atoms with Gasteiger partial charge in [-0.05, 0) is 118 Å². The van der Waals surface area contributed by atoms with Crippen LogP contribution in [-0.4, -0.2) is 0 Å². The normalized spacial score (nSPS) is 11.2. The van der Waals surface area contributed by atoms with Gasteiger partial charge in [0.05, 0.1) is 0 Å². The first-order valence-corrected chi connectivity index (χ1v) is 19.3. The molecular weight excluding hydrogens is 693 g/mol. The highest BCUT2D eigenvalue weighted by Crippen LogP contribution is 2.44. The Morgan fingerprint density at radius 3 is 1.12 bits per heavy atom. The Balaban J connectivity index is 1.18. The van der Waals surface area contributed by atoms with E-state index in [1.54, 1.807) is 0 Å². The third kappa shape index (κ3) is 6.73. The molecule has 270 valence electrons. The fourth-order valence-electron chi connectivity index (χ4n) is 7.84.